The normalized spacial score (nSPS) is 11.6. The van der Waals surface area contributed by atoms with E-state index in [0.29, 0.717) is 5.92 Å². The van der Waals surface area contributed by atoms with Gasteiger partial charge in [0.1, 0.15) is 5.82 Å². The lowest BCUT2D eigenvalue weighted by Gasteiger charge is -2.18. The standard InChI is InChI=1S/C14H20N2.C2H6/c1-9(2)13-15-11-7-6-10(14(3,4)5)8-12(11)16-13;1-2/h6-9H,1-5H3,(H,15,16);1-2H3. The van der Waals surface area contributed by atoms with Gasteiger partial charge < -0.3 is 4.98 Å². The second-order valence-corrected chi connectivity index (χ2v) is 5.76. The van der Waals surface area contributed by atoms with E-state index in [1.165, 1.54) is 5.56 Å². The average molecular weight is 246 g/mol. The molecule has 0 fully saturated rings. The van der Waals surface area contributed by atoms with Crippen molar-refractivity contribution < 1.29 is 0 Å². The second kappa shape index (κ2) is 5.55. The molecule has 18 heavy (non-hydrogen) atoms. The van der Waals surface area contributed by atoms with Crippen molar-refractivity contribution >= 4 is 11.0 Å². The molecule has 2 nitrogen and oxygen atoms in total. The number of hydrogen-bond acceptors (Lipinski definition) is 1. The molecule has 0 saturated carbocycles. The van der Waals surface area contributed by atoms with Gasteiger partial charge in [0, 0.05) is 5.92 Å². The third kappa shape index (κ3) is 3.12. The van der Waals surface area contributed by atoms with Crippen LogP contribution < -0.4 is 0 Å². The van der Waals surface area contributed by atoms with Crippen LogP contribution in [-0.2, 0) is 5.41 Å². The first-order chi connectivity index (χ1) is 8.38. The molecule has 1 aromatic carbocycles. The number of benzene rings is 1. The van der Waals surface area contributed by atoms with Gasteiger partial charge in [0.2, 0.25) is 0 Å². The van der Waals surface area contributed by atoms with Crippen molar-refractivity contribution in [2.24, 2.45) is 0 Å². The molecule has 0 atom stereocenters. The highest BCUT2D eigenvalue weighted by Crippen LogP contribution is 2.26. The Kier molecular flexibility index (Phi) is 4.55. The first-order valence-electron chi connectivity index (χ1n) is 6.88. The summed E-state index contributed by atoms with van der Waals surface area (Å²) in [6, 6.07) is 6.50. The summed E-state index contributed by atoms with van der Waals surface area (Å²) < 4.78 is 0. The molecule has 2 aromatic rings. The highest BCUT2D eigenvalue weighted by molar-refractivity contribution is 5.76. The summed E-state index contributed by atoms with van der Waals surface area (Å²) in [5.41, 5.74) is 3.75. The number of hydrogen-bond donors (Lipinski definition) is 1. The molecule has 1 N–H and O–H groups in total. The average Bonchev–Trinajstić information content (AvgIpc) is 2.73. The van der Waals surface area contributed by atoms with Gasteiger partial charge in [-0.2, -0.15) is 0 Å². The molecular weight excluding hydrogens is 220 g/mol. The fourth-order valence-corrected chi connectivity index (χ4v) is 1.77. The van der Waals surface area contributed by atoms with Crippen LogP contribution >= 0.6 is 0 Å². The first kappa shape index (κ1) is 14.7. The van der Waals surface area contributed by atoms with Crippen molar-refractivity contribution in [2.75, 3.05) is 0 Å². The highest BCUT2D eigenvalue weighted by atomic mass is 14.9. The zero-order valence-corrected chi connectivity index (χ0v) is 12.8. The van der Waals surface area contributed by atoms with Gasteiger partial charge in [-0.25, -0.2) is 4.98 Å². The number of aromatic amines is 1. The molecule has 2 heteroatoms. The zero-order chi connectivity index (χ0) is 13.9. The van der Waals surface area contributed by atoms with Crippen molar-refractivity contribution in [1.82, 2.24) is 9.97 Å². The zero-order valence-electron chi connectivity index (χ0n) is 12.8. The Hall–Kier alpha value is -1.31. The van der Waals surface area contributed by atoms with Crippen LogP contribution in [-0.4, -0.2) is 9.97 Å². The molecular formula is C16H26N2. The van der Waals surface area contributed by atoms with E-state index in [4.69, 9.17) is 0 Å². The molecule has 1 aromatic heterocycles. The molecule has 0 amide bonds. The second-order valence-electron chi connectivity index (χ2n) is 5.76. The van der Waals surface area contributed by atoms with E-state index in [2.05, 4.69) is 62.8 Å². The van der Waals surface area contributed by atoms with Crippen molar-refractivity contribution in [3.05, 3.63) is 29.6 Å². The molecule has 2 rings (SSSR count). The third-order valence-corrected chi connectivity index (χ3v) is 2.91. The number of imidazole rings is 1. The maximum Gasteiger partial charge on any atom is 0.109 e. The Labute approximate surface area is 111 Å². The number of nitrogens with zero attached hydrogens (tertiary/aromatic N) is 1. The highest BCUT2D eigenvalue weighted by Gasteiger charge is 2.15. The van der Waals surface area contributed by atoms with Gasteiger partial charge in [-0.1, -0.05) is 54.5 Å². The monoisotopic (exact) mass is 246 g/mol. The van der Waals surface area contributed by atoms with Crippen LogP contribution in [0.15, 0.2) is 18.2 Å². The smallest absolute Gasteiger partial charge is 0.109 e. The van der Waals surface area contributed by atoms with Gasteiger partial charge >= 0.3 is 0 Å². The summed E-state index contributed by atoms with van der Waals surface area (Å²) >= 11 is 0. The van der Waals surface area contributed by atoms with E-state index in [0.717, 1.165) is 16.9 Å². The molecule has 0 aliphatic rings. The van der Waals surface area contributed by atoms with Gasteiger partial charge in [-0.3, -0.25) is 0 Å². The molecule has 100 valence electrons. The van der Waals surface area contributed by atoms with Crippen LogP contribution in [0, 0.1) is 0 Å². The van der Waals surface area contributed by atoms with Crippen LogP contribution in [0.3, 0.4) is 0 Å². The molecule has 0 unspecified atom stereocenters. The minimum absolute atomic E-state index is 0.192. The summed E-state index contributed by atoms with van der Waals surface area (Å²) in [7, 11) is 0. The number of H-pyrrole nitrogens is 1. The quantitative estimate of drug-likeness (QED) is 0.752. The van der Waals surface area contributed by atoms with Crippen LogP contribution in [0.25, 0.3) is 11.0 Å². The van der Waals surface area contributed by atoms with Gasteiger partial charge in [-0.05, 0) is 23.1 Å². The Bertz CT molecular complexity index is 501. The fourth-order valence-electron chi connectivity index (χ4n) is 1.77. The Balaban J connectivity index is 0.000000771. The maximum absolute atomic E-state index is 4.58. The van der Waals surface area contributed by atoms with Gasteiger partial charge in [0.25, 0.3) is 0 Å². The maximum atomic E-state index is 4.58. The van der Waals surface area contributed by atoms with Crippen LogP contribution in [0.1, 0.15) is 65.8 Å². The van der Waals surface area contributed by atoms with Crippen LogP contribution in [0.5, 0.6) is 0 Å². The molecule has 0 spiro atoms. The Morgan fingerprint density at radius 2 is 1.72 bits per heavy atom. The van der Waals surface area contributed by atoms with E-state index in [1.807, 2.05) is 13.8 Å². The van der Waals surface area contributed by atoms with E-state index < -0.39 is 0 Å². The van der Waals surface area contributed by atoms with E-state index in [9.17, 15) is 0 Å². The molecule has 0 aliphatic carbocycles. The lowest BCUT2D eigenvalue weighted by Crippen LogP contribution is -2.10. The number of rotatable bonds is 1. The fraction of sp³-hybridized carbons (Fsp3) is 0.562. The lowest BCUT2D eigenvalue weighted by molar-refractivity contribution is 0.591. The van der Waals surface area contributed by atoms with Gasteiger partial charge in [-0.15, -0.1) is 0 Å². The predicted octanol–water partition coefficient (Wildman–Crippen LogP) is 5.01. The van der Waals surface area contributed by atoms with E-state index in [1.54, 1.807) is 0 Å². The van der Waals surface area contributed by atoms with E-state index >= 15 is 0 Å². The van der Waals surface area contributed by atoms with Crippen LogP contribution in [0.4, 0.5) is 0 Å². The predicted molar refractivity (Wildman–Crippen MR) is 80.2 cm³/mol. The van der Waals surface area contributed by atoms with Crippen molar-refractivity contribution in [2.45, 2.75) is 59.8 Å². The minimum Gasteiger partial charge on any atom is -0.342 e. The number of fused-ring (bicyclic) bond motifs is 1. The molecule has 0 bridgehead atoms. The minimum atomic E-state index is 0.192. The van der Waals surface area contributed by atoms with Crippen molar-refractivity contribution in [3.63, 3.8) is 0 Å². The summed E-state index contributed by atoms with van der Waals surface area (Å²) in [5, 5.41) is 0. The summed E-state index contributed by atoms with van der Waals surface area (Å²) in [6.45, 7) is 15.0. The van der Waals surface area contributed by atoms with Crippen molar-refractivity contribution in [3.8, 4) is 0 Å². The third-order valence-electron chi connectivity index (χ3n) is 2.91. The first-order valence-corrected chi connectivity index (χ1v) is 6.88. The Morgan fingerprint density at radius 1 is 1.11 bits per heavy atom. The summed E-state index contributed by atoms with van der Waals surface area (Å²) in [6.07, 6.45) is 0. The largest absolute Gasteiger partial charge is 0.342 e. The number of aromatic nitrogens is 2. The van der Waals surface area contributed by atoms with Crippen molar-refractivity contribution in [1.29, 1.82) is 0 Å². The lowest BCUT2D eigenvalue weighted by atomic mass is 9.87. The molecule has 0 aliphatic heterocycles. The molecule has 1 heterocycles. The van der Waals surface area contributed by atoms with Crippen LogP contribution in [0.2, 0.25) is 0 Å². The molecule has 0 radical (unpaired) electrons. The Morgan fingerprint density at radius 3 is 2.22 bits per heavy atom. The number of nitrogens with one attached hydrogen (secondary N) is 1. The van der Waals surface area contributed by atoms with E-state index in [-0.39, 0.29) is 5.41 Å². The summed E-state index contributed by atoms with van der Waals surface area (Å²) in [4.78, 5) is 7.98. The van der Waals surface area contributed by atoms with Gasteiger partial charge in [0.05, 0.1) is 11.0 Å². The van der Waals surface area contributed by atoms with Gasteiger partial charge in [0.15, 0.2) is 0 Å². The topological polar surface area (TPSA) is 28.7 Å². The summed E-state index contributed by atoms with van der Waals surface area (Å²) in [5.74, 6) is 1.52. The SMILES string of the molecule is CC.CC(C)c1nc2ccc(C(C)(C)C)cc2[nH]1. The molecule has 0 saturated heterocycles.